The quantitative estimate of drug-likeness (QED) is 0.668. The van der Waals surface area contributed by atoms with E-state index in [4.69, 9.17) is 18.9 Å². The molecule has 2 aromatic rings. The van der Waals surface area contributed by atoms with Gasteiger partial charge in [0.2, 0.25) is 0 Å². The molecule has 1 heterocycles. The van der Waals surface area contributed by atoms with Crippen molar-refractivity contribution in [3.63, 3.8) is 0 Å². The number of ether oxygens (including phenoxy) is 4. The summed E-state index contributed by atoms with van der Waals surface area (Å²) in [6, 6.07) is 15.2. The number of halogens is 1. The zero-order chi connectivity index (χ0) is 19.9. The predicted molar refractivity (Wildman–Crippen MR) is 101 cm³/mol. The Morgan fingerprint density at radius 3 is 2.61 bits per heavy atom. The van der Waals surface area contributed by atoms with Crippen molar-refractivity contribution in [1.29, 1.82) is 0 Å². The van der Waals surface area contributed by atoms with Gasteiger partial charge >= 0.3 is 5.97 Å². The Balaban J connectivity index is 1.66. The van der Waals surface area contributed by atoms with Crippen molar-refractivity contribution in [3.05, 3.63) is 71.5 Å². The standard InChI is InChI=1S/C22H25FO5/c1-3-20-26-14-19(25-13-17-11-7-8-12-18(17)23)21(28-20)15(2)27-22(24)16-9-5-4-6-10-16/h4-12,15,19-21H,3,13-14H2,1-2H3/t15?,19-,20+,21+/m0/s1. The fourth-order valence-electron chi connectivity index (χ4n) is 3.06. The average Bonchev–Trinajstić information content (AvgIpc) is 2.73. The molecule has 0 amide bonds. The van der Waals surface area contributed by atoms with Crippen molar-refractivity contribution in [2.45, 2.75) is 51.5 Å². The average molecular weight is 388 g/mol. The zero-order valence-corrected chi connectivity index (χ0v) is 16.0. The fraction of sp³-hybridized carbons (Fsp3) is 0.409. The molecule has 0 radical (unpaired) electrons. The number of esters is 1. The lowest BCUT2D eigenvalue weighted by atomic mass is 10.1. The Morgan fingerprint density at radius 2 is 1.89 bits per heavy atom. The molecule has 0 spiro atoms. The van der Waals surface area contributed by atoms with Crippen molar-refractivity contribution in [2.24, 2.45) is 0 Å². The van der Waals surface area contributed by atoms with Crippen LogP contribution in [-0.4, -0.2) is 37.2 Å². The van der Waals surface area contributed by atoms with Crippen LogP contribution in [-0.2, 0) is 25.6 Å². The molecule has 4 atom stereocenters. The van der Waals surface area contributed by atoms with Crippen LogP contribution in [0.4, 0.5) is 4.39 Å². The van der Waals surface area contributed by atoms with E-state index in [1.807, 2.05) is 13.0 Å². The summed E-state index contributed by atoms with van der Waals surface area (Å²) in [6.45, 7) is 4.08. The number of hydrogen-bond donors (Lipinski definition) is 0. The number of carbonyl (C=O) groups excluding carboxylic acids is 1. The molecule has 1 fully saturated rings. The molecular weight excluding hydrogens is 363 g/mol. The van der Waals surface area contributed by atoms with Gasteiger partial charge in [0.15, 0.2) is 6.29 Å². The van der Waals surface area contributed by atoms with Crippen molar-refractivity contribution in [3.8, 4) is 0 Å². The van der Waals surface area contributed by atoms with Crippen LogP contribution in [0.3, 0.4) is 0 Å². The van der Waals surface area contributed by atoms with Crippen LogP contribution in [0, 0.1) is 5.82 Å². The van der Waals surface area contributed by atoms with Gasteiger partial charge in [-0.05, 0) is 31.5 Å². The maximum atomic E-state index is 13.9. The van der Waals surface area contributed by atoms with Gasteiger partial charge in [0.05, 0.1) is 18.8 Å². The molecule has 3 rings (SSSR count). The molecule has 1 aliphatic heterocycles. The molecular formula is C22H25FO5. The van der Waals surface area contributed by atoms with Gasteiger partial charge in [-0.25, -0.2) is 9.18 Å². The second-order valence-electron chi connectivity index (χ2n) is 6.69. The third-order valence-electron chi connectivity index (χ3n) is 4.63. The van der Waals surface area contributed by atoms with E-state index in [2.05, 4.69) is 0 Å². The first kappa shape index (κ1) is 20.5. The molecule has 0 saturated carbocycles. The van der Waals surface area contributed by atoms with Crippen LogP contribution in [0.1, 0.15) is 36.2 Å². The highest BCUT2D eigenvalue weighted by Crippen LogP contribution is 2.24. The first-order chi connectivity index (χ1) is 13.6. The Labute approximate surface area is 164 Å². The molecule has 150 valence electrons. The van der Waals surface area contributed by atoms with E-state index in [9.17, 15) is 9.18 Å². The summed E-state index contributed by atoms with van der Waals surface area (Å²) in [5.41, 5.74) is 0.921. The molecule has 1 unspecified atom stereocenters. The van der Waals surface area contributed by atoms with Gasteiger partial charge in [-0.3, -0.25) is 0 Å². The maximum Gasteiger partial charge on any atom is 0.338 e. The number of carbonyl (C=O) groups is 1. The van der Waals surface area contributed by atoms with Crippen LogP contribution < -0.4 is 0 Å². The van der Waals surface area contributed by atoms with Crippen LogP contribution in [0.5, 0.6) is 0 Å². The third-order valence-corrected chi connectivity index (χ3v) is 4.63. The zero-order valence-electron chi connectivity index (χ0n) is 16.0. The lowest BCUT2D eigenvalue weighted by Crippen LogP contribution is -2.51. The molecule has 0 bridgehead atoms. The second kappa shape index (κ2) is 9.78. The smallest absolute Gasteiger partial charge is 0.338 e. The summed E-state index contributed by atoms with van der Waals surface area (Å²) in [5, 5.41) is 0. The first-order valence-electron chi connectivity index (χ1n) is 9.46. The van der Waals surface area contributed by atoms with Crippen LogP contribution in [0.15, 0.2) is 54.6 Å². The normalized spacial score (nSPS) is 23.2. The van der Waals surface area contributed by atoms with Gasteiger partial charge in [-0.15, -0.1) is 0 Å². The number of rotatable bonds is 7. The van der Waals surface area contributed by atoms with E-state index in [1.54, 1.807) is 49.4 Å². The van der Waals surface area contributed by atoms with Gasteiger partial charge in [-0.1, -0.05) is 43.3 Å². The number of benzene rings is 2. The Hall–Kier alpha value is -2.28. The van der Waals surface area contributed by atoms with E-state index in [-0.39, 0.29) is 19.0 Å². The summed E-state index contributed by atoms with van der Waals surface area (Å²) >= 11 is 0. The summed E-state index contributed by atoms with van der Waals surface area (Å²) in [4.78, 5) is 12.4. The lowest BCUT2D eigenvalue weighted by Gasteiger charge is -2.38. The van der Waals surface area contributed by atoms with E-state index >= 15 is 0 Å². The van der Waals surface area contributed by atoms with Gasteiger partial charge in [0.25, 0.3) is 0 Å². The minimum atomic E-state index is -0.559. The van der Waals surface area contributed by atoms with Gasteiger partial charge in [0, 0.05) is 5.56 Å². The third kappa shape index (κ3) is 5.16. The molecule has 2 aromatic carbocycles. The predicted octanol–water partition coefficient (Wildman–Crippen LogP) is 4.11. The molecule has 0 aliphatic carbocycles. The lowest BCUT2D eigenvalue weighted by molar-refractivity contribution is -0.279. The highest BCUT2D eigenvalue weighted by molar-refractivity contribution is 5.89. The van der Waals surface area contributed by atoms with Crippen LogP contribution in [0.25, 0.3) is 0 Å². The molecule has 0 aromatic heterocycles. The van der Waals surface area contributed by atoms with E-state index in [1.165, 1.54) is 6.07 Å². The number of hydrogen-bond acceptors (Lipinski definition) is 5. The Kier molecular flexibility index (Phi) is 7.14. The Bertz CT molecular complexity index is 767. The van der Waals surface area contributed by atoms with Crippen molar-refractivity contribution < 1.29 is 28.1 Å². The van der Waals surface area contributed by atoms with Crippen LogP contribution in [0.2, 0.25) is 0 Å². The highest BCUT2D eigenvalue weighted by atomic mass is 19.1. The van der Waals surface area contributed by atoms with E-state index < -0.39 is 30.6 Å². The minimum absolute atomic E-state index is 0.0801. The highest BCUT2D eigenvalue weighted by Gasteiger charge is 2.38. The van der Waals surface area contributed by atoms with Crippen molar-refractivity contribution >= 4 is 5.97 Å². The van der Waals surface area contributed by atoms with Crippen molar-refractivity contribution in [2.75, 3.05) is 6.61 Å². The largest absolute Gasteiger partial charge is 0.456 e. The molecule has 1 saturated heterocycles. The maximum absolute atomic E-state index is 13.9. The topological polar surface area (TPSA) is 54.0 Å². The molecule has 0 N–H and O–H groups in total. The Morgan fingerprint density at radius 1 is 1.18 bits per heavy atom. The van der Waals surface area contributed by atoms with Crippen molar-refractivity contribution in [1.82, 2.24) is 0 Å². The fourth-order valence-corrected chi connectivity index (χ4v) is 3.06. The molecule has 5 nitrogen and oxygen atoms in total. The molecule has 6 heteroatoms. The van der Waals surface area contributed by atoms with E-state index in [0.29, 0.717) is 17.5 Å². The monoisotopic (exact) mass is 388 g/mol. The summed E-state index contributed by atoms with van der Waals surface area (Å²) < 4.78 is 36.9. The molecule has 28 heavy (non-hydrogen) atoms. The minimum Gasteiger partial charge on any atom is -0.456 e. The molecule has 1 aliphatic rings. The van der Waals surface area contributed by atoms with Gasteiger partial charge < -0.3 is 18.9 Å². The second-order valence-corrected chi connectivity index (χ2v) is 6.69. The van der Waals surface area contributed by atoms with Gasteiger partial charge in [0.1, 0.15) is 24.1 Å². The van der Waals surface area contributed by atoms with E-state index in [0.717, 1.165) is 0 Å². The van der Waals surface area contributed by atoms with Gasteiger partial charge in [-0.2, -0.15) is 0 Å². The summed E-state index contributed by atoms with van der Waals surface area (Å²) in [7, 11) is 0. The SMILES string of the molecule is CC[C@@H]1OC[C@H](OCc2ccccc2F)[C@@H](C(C)OC(=O)c2ccccc2)O1. The summed E-state index contributed by atoms with van der Waals surface area (Å²) in [6.07, 6.45) is -1.29. The first-order valence-corrected chi connectivity index (χ1v) is 9.46. The summed E-state index contributed by atoms with van der Waals surface area (Å²) in [5.74, 6) is -0.754. The van der Waals surface area contributed by atoms with Crippen LogP contribution >= 0.6 is 0 Å².